The van der Waals surface area contributed by atoms with Crippen molar-refractivity contribution in [1.82, 2.24) is 0 Å². The Bertz CT molecular complexity index is 245. The minimum atomic E-state index is -1.45. The van der Waals surface area contributed by atoms with Crippen molar-refractivity contribution in [3.05, 3.63) is 42.1 Å². The Balaban J connectivity index is -0.000000333. The molecule has 0 aliphatic rings. The van der Waals surface area contributed by atoms with Gasteiger partial charge in [0.15, 0.2) is 5.82 Å². The molecule has 0 aliphatic carbocycles. The molecule has 6 heteroatoms. The third kappa shape index (κ3) is 5.14. The van der Waals surface area contributed by atoms with Crippen molar-refractivity contribution < 1.29 is 69.1 Å². The van der Waals surface area contributed by atoms with Crippen molar-refractivity contribution in [2.75, 3.05) is 0 Å². The quantitative estimate of drug-likeness (QED) is 0.327. The number of hydrogen-bond donors (Lipinski definition) is 0. The molecule has 0 amide bonds. The zero-order chi connectivity index (χ0) is 7.72. The normalized spacial score (nSPS) is 7.62. The Morgan fingerprint density at radius 3 is 1.62 bits per heavy atom. The molecule has 13 heavy (non-hydrogen) atoms. The second-order valence-electron chi connectivity index (χ2n) is 1.87. The molecule has 0 radical (unpaired) electrons. The first-order valence-corrected chi connectivity index (χ1v) is 2.58. The van der Waals surface area contributed by atoms with E-state index in [1.54, 1.807) is 0 Å². The zero-order valence-corrected chi connectivity index (χ0v) is 14.3. The summed E-state index contributed by atoms with van der Waals surface area (Å²) in [6, 6.07) is 1.66. The predicted octanol–water partition coefficient (Wildman–Crippen LogP) is -0.715. The van der Waals surface area contributed by atoms with E-state index in [1.165, 1.54) is 0 Å². The fourth-order valence-corrected chi connectivity index (χ4v) is 0.608. The van der Waals surface area contributed by atoms with Crippen LogP contribution in [-0.4, -0.2) is 0 Å². The van der Waals surface area contributed by atoms with E-state index in [1.807, 2.05) is 0 Å². The minimum Gasteiger partial charge on any atom is -1.00 e. The number of benzene rings is 1. The average Bonchev–Trinajstić information content (AvgIpc) is 1.82. The van der Waals surface area contributed by atoms with Crippen molar-refractivity contribution in [2.24, 2.45) is 0 Å². The second kappa shape index (κ2) is 7.96. The van der Waals surface area contributed by atoms with Gasteiger partial charge in [0.25, 0.3) is 0 Å². The van der Waals surface area contributed by atoms with Crippen LogP contribution in [0.25, 0.3) is 0 Å². The van der Waals surface area contributed by atoms with Gasteiger partial charge < -0.3 is 17.0 Å². The van der Waals surface area contributed by atoms with Crippen molar-refractivity contribution in [2.45, 2.75) is 0 Å². The molecule has 0 atom stereocenters. The van der Waals surface area contributed by atoms with Crippen molar-refractivity contribution in [1.29, 1.82) is 0 Å². The van der Waals surface area contributed by atoms with Gasteiger partial charge in [-0.1, -0.05) is 0 Å². The molecule has 0 N–H and O–H groups in total. The van der Waals surface area contributed by atoms with Crippen LogP contribution in [0.2, 0.25) is 0 Å². The molecule has 0 heterocycles. The minimum absolute atomic E-state index is 0. The Labute approximate surface area is 111 Å². The second-order valence-corrected chi connectivity index (χ2v) is 1.87. The van der Waals surface area contributed by atoms with Gasteiger partial charge in [0.1, 0.15) is 11.6 Å². The summed E-state index contributed by atoms with van der Waals surface area (Å²) in [4.78, 5) is 0. The molecular formula is C7H4BrF3Zn2. The average molecular weight is 356 g/mol. The molecule has 0 aliphatic heterocycles. The van der Waals surface area contributed by atoms with Crippen molar-refractivity contribution >= 4 is 0 Å². The molecule has 1 aromatic rings. The van der Waals surface area contributed by atoms with Gasteiger partial charge in [-0.25, -0.2) is 13.2 Å². The molecule has 0 saturated carbocycles. The van der Waals surface area contributed by atoms with Crippen LogP contribution in [0.5, 0.6) is 0 Å². The van der Waals surface area contributed by atoms with Crippen LogP contribution in [0.1, 0.15) is 5.56 Å². The number of hydrogen-bond acceptors (Lipinski definition) is 0. The van der Waals surface area contributed by atoms with E-state index >= 15 is 0 Å². The third-order valence-corrected chi connectivity index (χ3v) is 1.04. The van der Waals surface area contributed by atoms with Gasteiger partial charge in [-0.3, -0.25) is 0 Å². The van der Waals surface area contributed by atoms with E-state index in [2.05, 4.69) is 6.92 Å². The van der Waals surface area contributed by atoms with E-state index in [0.717, 1.165) is 12.1 Å². The topological polar surface area (TPSA) is 0 Å². The van der Waals surface area contributed by atoms with Crippen molar-refractivity contribution in [3.8, 4) is 0 Å². The molecule has 0 saturated heterocycles. The maximum absolute atomic E-state index is 12.2. The predicted molar refractivity (Wildman–Crippen MR) is 30.8 cm³/mol. The van der Waals surface area contributed by atoms with Gasteiger partial charge in [-0.15, -0.1) is 12.1 Å². The van der Waals surface area contributed by atoms with Crippen LogP contribution in [0.4, 0.5) is 13.2 Å². The van der Waals surface area contributed by atoms with Crippen molar-refractivity contribution in [3.63, 3.8) is 0 Å². The summed E-state index contributed by atoms with van der Waals surface area (Å²) in [6.07, 6.45) is 0. The largest absolute Gasteiger partial charge is 2.00 e. The molecule has 0 bridgehead atoms. The summed E-state index contributed by atoms with van der Waals surface area (Å²) >= 11 is 0. The standard InChI is InChI=1S/C7H4F3.BrH.2Zn/c1-4-2-5(8)7(10)6(9)3-4;;;/h2-3H,1H2;1H;;/q-1;;;+2/p-1. The molecule has 64 valence electrons. The summed E-state index contributed by atoms with van der Waals surface area (Å²) in [5, 5.41) is 0. The first-order chi connectivity index (χ1) is 4.61. The van der Waals surface area contributed by atoms with E-state index < -0.39 is 17.5 Å². The molecule has 0 unspecified atom stereocenters. The summed E-state index contributed by atoms with van der Waals surface area (Å²) in [5.41, 5.74) is 0.122. The first-order valence-electron chi connectivity index (χ1n) is 2.58. The van der Waals surface area contributed by atoms with Gasteiger partial charge in [0, 0.05) is 19.5 Å². The van der Waals surface area contributed by atoms with Crippen LogP contribution < -0.4 is 17.0 Å². The monoisotopic (exact) mass is 352 g/mol. The Morgan fingerprint density at radius 2 is 1.31 bits per heavy atom. The smallest absolute Gasteiger partial charge is 1.00 e. The summed E-state index contributed by atoms with van der Waals surface area (Å²) in [6.45, 7) is 3.24. The van der Waals surface area contributed by atoms with Crippen LogP contribution in [-0.2, 0) is 39.0 Å². The van der Waals surface area contributed by atoms with Gasteiger partial charge in [0.2, 0.25) is 0 Å². The van der Waals surface area contributed by atoms with E-state index in [4.69, 9.17) is 0 Å². The molecule has 0 nitrogen and oxygen atoms in total. The fourth-order valence-electron chi connectivity index (χ4n) is 0.608. The molecular weight excluding hydrogens is 352 g/mol. The van der Waals surface area contributed by atoms with Crippen LogP contribution in [0.3, 0.4) is 0 Å². The van der Waals surface area contributed by atoms with Gasteiger partial charge in [-0.2, -0.15) is 12.5 Å². The van der Waals surface area contributed by atoms with Crippen LogP contribution in [0, 0.1) is 24.4 Å². The van der Waals surface area contributed by atoms with E-state index in [9.17, 15) is 13.2 Å². The third-order valence-electron chi connectivity index (χ3n) is 1.04. The fraction of sp³-hybridized carbons (Fsp3) is 0. The van der Waals surface area contributed by atoms with Gasteiger partial charge in [0.05, 0.1) is 0 Å². The Kier molecular flexibility index (Phi) is 11.8. The first kappa shape index (κ1) is 19.2. The Hall–Kier alpha value is 0.607. The van der Waals surface area contributed by atoms with Gasteiger partial charge >= 0.3 is 19.5 Å². The van der Waals surface area contributed by atoms with E-state index in [-0.39, 0.29) is 61.5 Å². The molecule has 1 aromatic carbocycles. The van der Waals surface area contributed by atoms with E-state index in [0.29, 0.717) is 0 Å². The maximum Gasteiger partial charge on any atom is 2.00 e. The zero-order valence-electron chi connectivity index (χ0n) is 6.79. The molecule has 0 fully saturated rings. The number of rotatable bonds is 0. The van der Waals surface area contributed by atoms with Crippen LogP contribution >= 0.6 is 0 Å². The molecule has 0 aromatic heterocycles. The SMILES string of the molecule is [Br-].[CH2-]c1cc(F)c(F)c(F)c1.[Zn+2].[Zn]. The maximum atomic E-state index is 12.2. The van der Waals surface area contributed by atoms with Gasteiger partial charge in [-0.05, 0) is 0 Å². The summed E-state index contributed by atoms with van der Waals surface area (Å²) < 4.78 is 36.5. The Morgan fingerprint density at radius 1 is 1.00 bits per heavy atom. The van der Waals surface area contributed by atoms with Crippen LogP contribution in [0.15, 0.2) is 12.1 Å². The summed E-state index contributed by atoms with van der Waals surface area (Å²) in [5.74, 6) is -3.86. The summed E-state index contributed by atoms with van der Waals surface area (Å²) in [7, 11) is 0. The molecule has 0 spiro atoms. The molecule has 1 rings (SSSR count). The number of halogens is 4.